The standard InChI is InChI=1S/C12H11FINO/c1-7(16)6-15-8(2)12(14)10-5-9(13)3-4-11(10)15/h3-5H,6H2,1-2H3. The first-order valence-corrected chi connectivity index (χ1v) is 6.02. The predicted molar refractivity (Wildman–Crippen MR) is 70.0 cm³/mol. The summed E-state index contributed by atoms with van der Waals surface area (Å²) in [5.41, 5.74) is 1.93. The number of carbonyl (C=O) groups excluding carboxylic acids is 1. The summed E-state index contributed by atoms with van der Waals surface area (Å²) in [6.07, 6.45) is 0. The van der Waals surface area contributed by atoms with Gasteiger partial charge in [-0.05, 0) is 54.6 Å². The zero-order valence-electron chi connectivity index (χ0n) is 9.05. The molecule has 0 N–H and O–H groups in total. The molecule has 0 aliphatic heterocycles. The number of rotatable bonds is 2. The van der Waals surface area contributed by atoms with E-state index < -0.39 is 0 Å². The highest BCUT2D eigenvalue weighted by atomic mass is 127. The summed E-state index contributed by atoms with van der Waals surface area (Å²) in [7, 11) is 0. The molecule has 84 valence electrons. The smallest absolute Gasteiger partial charge is 0.149 e. The zero-order valence-corrected chi connectivity index (χ0v) is 11.2. The van der Waals surface area contributed by atoms with Crippen molar-refractivity contribution in [3.05, 3.63) is 33.3 Å². The predicted octanol–water partition coefficient (Wildman–Crippen LogP) is 3.28. The molecule has 0 spiro atoms. The maximum atomic E-state index is 13.1. The van der Waals surface area contributed by atoms with Gasteiger partial charge in [-0.1, -0.05) is 0 Å². The fraction of sp³-hybridized carbons (Fsp3) is 0.250. The minimum Gasteiger partial charge on any atom is -0.336 e. The average molecular weight is 331 g/mol. The number of benzene rings is 1. The molecule has 0 saturated heterocycles. The Labute approximate surface area is 107 Å². The first kappa shape index (κ1) is 11.6. The van der Waals surface area contributed by atoms with Crippen LogP contribution in [0, 0.1) is 16.3 Å². The second-order valence-corrected chi connectivity index (χ2v) is 4.93. The highest BCUT2D eigenvalue weighted by Crippen LogP contribution is 2.27. The monoisotopic (exact) mass is 331 g/mol. The van der Waals surface area contributed by atoms with E-state index in [1.165, 1.54) is 12.1 Å². The van der Waals surface area contributed by atoms with E-state index in [2.05, 4.69) is 22.6 Å². The molecule has 1 aromatic carbocycles. The molecular weight excluding hydrogens is 320 g/mol. The molecule has 2 rings (SSSR count). The number of aromatic nitrogens is 1. The summed E-state index contributed by atoms with van der Waals surface area (Å²) in [5, 5.41) is 0.874. The molecule has 0 radical (unpaired) electrons. The molecular formula is C12H11FINO. The third-order valence-corrected chi connectivity index (χ3v) is 3.95. The number of Topliss-reactive ketones (excluding diaryl/α,β-unsaturated/α-hetero) is 1. The van der Waals surface area contributed by atoms with Gasteiger partial charge in [0.2, 0.25) is 0 Å². The Bertz CT molecular complexity index is 574. The second kappa shape index (κ2) is 4.16. The third kappa shape index (κ3) is 1.86. The molecule has 0 atom stereocenters. The lowest BCUT2D eigenvalue weighted by atomic mass is 10.2. The molecule has 2 nitrogen and oxygen atoms in total. The number of carbonyl (C=O) groups is 1. The van der Waals surface area contributed by atoms with E-state index in [1.54, 1.807) is 13.0 Å². The molecule has 0 unspecified atom stereocenters. The lowest BCUT2D eigenvalue weighted by molar-refractivity contribution is -0.117. The van der Waals surface area contributed by atoms with Gasteiger partial charge in [-0.2, -0.15) is 0 Å². The Morgan fingerprint density at radius 3 is 2.81 bits per heavy atom. The SMILES string of the molecule is CC(=O)Cn1c(C)c(I)c2cc(F)ccc21. The van der Waals surface area contributed by atoms with E-state index >= 15 is 0 Å². The second-order valence-electron chi connectivity index (χ2n) is 3.85. The van der Waals surface area contributed by atoms with Gasteiger partial charge < -0.3 is 4.57 Å². The fourth-order valence-electron chi connectivity index (χ4n) is 1.84. The molecule has 0 aliphatic rings. The number of halogens is 2. The molecule has 16 heavy (non-hydrogen) atoms. The van der Waals surface area contributed by atoms with Crippen LogP contribution in [0.4, 0.5) is 4.39 Å². The summed E-state index contributed by atoms with van der Waals surface area (Å²) in [6.45, 7) is 3.85. The molecule has 0 fully saturated rings. The van der Waals surface area contributed by atoms with Gasteiger partial charge in [0, 0.05) is 20.2 Å². The molecule has 1 aromatic heterocycles. The first-order chi connectivity index (χ1) is 7.50. The summed E-state index contributed by atoms with van der Waals surface area (Å²) >= 11 is 2.19. The number of nitrogens with zero attached hydrogens (tertiary/aromatic N) is 1. The number of fused-ring (bicyclic) bond motifs is 1. The van der Waals surface area contributed by atoms with Gasteiger partial charge in [0.15, 0.2) is 0 Å². The summed E-state index contributed by atoms with van der Waals surface area (Å²) in [4.78, 5) is 11.2. The largest absolute Gasteiger partial charge is 0.336 e. The summed E-state index contributed by atoms with van der Waals surface area (Å²) in [5.74, 6) is -0.147. The van der Waals surface area contributed by atoms with Crippen molar-refractivity contribution in [3.63, 3.8) is 0 Å². The van der Waals surface area contributed by atoms with Crippen LogP contribution in [0.3, 0.4) is 0 Å². The van der Waals surface area contributed by atoms with Crippen molar-refractivity contribution in [2.24, 2.45) is 0 Å². The van der Waals surface area contributed by atoms with Gasteiger partial charge in [-0.3, -0.25) is 4.79 Å². The maximum Gasteiger partial charge on any atom is 0.149 e. The lowest BCUT2D eigenvalue weighted by Crippen LogP contribution is -2.07. The van der Waals surface area contributed by atoms with E-state index in [-0.39, 0.29) is 11.6 Å². The zero-order chi connectivity index (χ0) is 11.9. The van der Waals surface area contributed by atoms with Crippen LogP contribution in [0.15, 0.2) is 18.2 Å². The average Bonchev–Trinajstić information content (AvgIpc) is 2.43. The molecule has 0 amide bonds. The van der Waals surface area contributed by atoms with Crippen molar-refractivity contribution in [2.45, 2.75) is 20.4 Å². The van der Waals surface area contributed by atoms with Crippen molar-refractivity contribution in [1.82, 2.24) is 4.57 Å². The quantitative estimate of drug-likeness (QED) is 0.774. The van der Waals surface area contributed by atoms with Gasteiger partial charge in [-0.15, -0.1) is 0 Å². The van der Waals surface area contributed by atoms with Crippen LogP contribution < -0.4 is 0 Å². The first-order valence-electron chi connectivity index (χ1n) is 4.94. The maximum absolute atomic E-state index is 13.1. The van der Waals surface area contributed by atoms with E-state index in [1.807, 2.05) is 11.5 Å². The highest BCUT2D eigenvalue weighted by molar-refractivity contribution is 14.1. The van der Waals surface area contributed by atoms with Gasteiger partial charge in [0.1, 0.15) is 11.6 Å². The minimum atomic E-state index is -0.245. The van der Waals surface area contributed by atoms with E-state index in [0.29, 0.717) is 6.54 Å². The van der Waals surface area contributed by atoms with Crippen LogP contribution in [0.5, 0.6) is 0 Å². The normalized spacial score (nSPS) is 11.0. The molecule has 2 aromatic rings. The van der Waals surface area contributed by atoms with Crippen LogP contribution in [-0.4, -0.2) is 10.4 Å². The van der Waals surface area contributed by atoms with Crippen LogP contribution in [0.25, 0.3) is 10.9 Å². The lowest BCUT2D eigenvalue weighted by Gasteiger charge is -2.04. The highest BCUT2D eigenvalue weighted by Gasteiger charge is 2.13. The third-order valence-electron chi connectivity index (χ3n) is 2.59. The van der Waals surface area contributed by atoms with Crippen LogP contribution in [-0.2, 0) is 11.3 Å². The number of hydrogen-bond acceptors (Lipinski definition) is 1. The Hall–Kier alpha value is -0.910. The topological polar surface area (TPSA) is 22.0 Å². The molecule has 0 saturated carbocycles. The van der Waals surface area contributed by atoms with Gasteiger partial charge in [0.05, 0.1) is 6.54 Å². The summed E-state index contributed by atoms with van der Waals surface area (Å²) < 4.78 is 16.1. The van der Waals surface area contributed by atoms with Gasteiger partial charge in [-0.25, -0.2) is 4.39 Å². The van der Waals surface area contributed by atoms with E-state index in [9.17, 15) is 9.18 Å². The molecule has 0 aliphatic carbocycles. The van der Waals surface area contributed by atoms with Crippen molar-refractivity contribution < 1.29 is 9.18 Å². The summed E-state index contributed by atoms with van der Waals surface area (Å²) in [6, 6.07) is 4.66. The Kier molecular flexibility index (Phi) is 3.01. The Morgan fingerprint density at radius 1 is 1.50 bits per heavy atom. The van der Waals surface area contributed by atoms with Crippen LogP contribution in [0.2, 0.25) is 0 Å². The van der Waals surface area contributed by atoms with Crippen molar-refractivity contribution in [3.8, 4) is 0 Å². The molecule has 4 heteroatoms. The number of ketones is 1. The Balaban J connectivity index is 2.73. The molecule has 0 bridgehead atoms. The van der Waals surface area contributed by atoms with E-state index in [4.69, 9.17) is 0 Å². The number of hydrogen-bond donors (Lipinski definition) is 0. The van der Waals surface area contributed by atoms with Crippen LogP contribution >= 0.6 is 22.6 Å². The van der Waals surface area contributed by atoms with Gasteiger partial charge in [0.25, 0.3) is 0 Å². The van der Waals surface area contributed by atoms with Crippen molar-refractivity contribution in [1.29, 1.82) is 0 Å². The minimum absolute atomic E-state index is 0.0979. The van der Waals surface area contributed by atoms with E-state index in [0.717, 1.165) is 20.2 Å². The Morgan fingerprint density at radius 2 is 2.19 bits per heavy atom. The van der Waals surface area contributed by atoms with Crippen molar-refractivity contribution in [2.75, 3.05) is 0 Å². The molecule has 1 heterocycles. The van der Waals surface area contributed by atoms with Gasteiger partial charge >= 0.3 is 0 Å². The fourth-order valence-corrected chi connectivity index (χ4v) is 2.56. The van der Waals surface area contributed by atoms with Crippen LogP contribution in [0.1, 0.15) is 12.6 Å². The van der Waals surface area contributed by atoms with Crippen molar-refractivity contribution >= 4 is 39.3 Å².